The fourth-order valence-electron chi connectivity index (χ4n) is 2.97. The fraction of sp³-hybridized carbons (Fsp3) is 0.647. The number of nitrogens with zero attached hydrogens (tertiary/aromatic N) is 1. The first-order valence-corrected chi connectivity index (χ1v) is 7.80. The molecular formula is C17H28N2O. The van der Waals surface area contributed by atoms with E-state index in [4.69, 9.17) is 4.74 Å². The summed E-state index contributed by atoms with van der Waals surface area (Å²) in [6.45, 7) is 9.04. The van der Waals surface area contributed by atoms with Crippen LogP contribution >= 0.6 is 0 Å². The fourth-order valence-corrected chi connectivity index (χ4v) is 2.97. The van der Waals surface area contributed by atoms with Crippen molar-refractivity contribution in [3.8, 4) is 5.75 Å². The van der Waals surface area contributed by atoms with E-state index >= 15 is 0 Å². The van der Waals surface area contributed by atoms with Crippen LogP contribution in [-0.2, 0) is 6.54 Å². The Morgan fingerprint density at radius 2 is 2.15 bits per heavy atom. The molecule has 1 heterocycles. The Bertz CT molecular complexity index is 408. The van der Waals surface area contributed by atoms with Crippen LogP contribution in [0.1, 0.15) is 32.3 Å². The molecule has 2 atom stereocenters. The van der Waals surface area contributed by atoms with Crippen molar-refractivity contribution in [2.45, 2.75) is 39.3 Å². The van der Waals surface area contributed by atoms with Gasteiger partial charge in [0.25, 0.3) is 0 Å². The van der Waals surface area contributed by atoms with Gasteiger partial charge in [0.05, 0.1) is 7.11 Å². The third-order valence-corrected chi connectivity index (χ3v) is 4.20. The van der Waals surface area contributed by atoms with E-state index in [9.17, 15) is 0 Å². The molecule has 0 amide bonds. The van der Waals surface area contributed by atoms with E-state index < -0.39 is 0 Å². The maximum absolute atomic E-state index is 5.47. The molecule has 0 aromatic heterocycles. The minimum Gasteiger partial charge on any atom is -0.496 e. The van der Waals surface area contributed by atoms with Crippen molar-refractivity contribution >= 4 is 0 Å². The second kappa shape index (κ2) is 7.65. The van der Waals surface area contributed by atoms with Gasteiger partial charge in [-0.05, 0) is 37.9 Å². The smallest absolute Gasteiger partial charge is 0.123 e. The Hall–Kier alpha value is -1.06. The normalized spacial score (nSPS) is 24.9. The first-order chi connectivity index (χ1) is 9.72. The first-order valence-electron chi connectivity index (χ1n) is 7.80. The third-order valence-electron chi connectivity index (χ3n) is 4.20. The van der Waals surface area contributed by atoms with Gasteiger partial charge in [0, 0.05) is 24.7 Å². The van der Waals surface area contributed by atoms with Crippen LogP contribution in [0.3, 0.4) is 0 Å². The van der Waals surface area contributed by atoms with Crippen LogP contribution < -0.4 is 10.1 Å². The quantitative estimate of drug-likeness (QED) is 0.915. The van der Waals surface area contributed by atoms with Crippen LogP contribution in [0.5, 0.6) is 5.75 Å². The average molecular weight is 276 g/mol. The molecule has 1 aromatic rings. The van der Waals surface area contributed by atoms with Gasteiger partial charge in [0.15, 0.2) is 0 Å². The van der Waals surface area contributed by atoms with Crippen LogP contribution in [0.2, 0.25) is 0 Å². The number of para-hydroxylation sites is 1. The zero-order valence-electron chi connectivity index (χ0n) is 13.1. The summed E-state index contributed by atoms with van der Waals surface area (Å²) in [5, 5.41) is 3.68. The van der Waals surface area contributed by atoms with Crippen molar-refractivity contribution in [1.82, 2.24) is 10.2 Å². The third kappa shape index (κ3) is 4.22. The molecule has 1 N–H and O–H groups in total. The molecule has 0 aliphatic carbocycles. The molecule has 112 valence electrons. The van der Waals surface area contributed by atoms with Crippen LogP contribution in [0, 0.1) is 5.92 Å². The second-order valence-electron chi connectivity index (χ2n) is 5.95. The zero-order chi connectivity index (χ0) is 14.4. The molecule has 1 aliphatic heterocycles. The summed E-state index contributed by atoms with van der Waals surface area (Å²) >= 11 is 0. The average Bonchev–Trinajstić information content (AvgIpc) is 2.45. The van der Waals surface area contributed by atoms with E-state index in [-0.39, 0.29) is 0 Å². The summed E-state index contributed by atoms with van der Waals surface area (Å²) < 4.78 is 5.47. The minimum absolute atomic E-state index is 0.665. The molecule has 1 aliphatic rings. The number of methoxy groups -OCH3 is 1. The van der Waals surface area contributed by atoms with Crippen molar-refractivity contribution in [1.29, 1.82) is 0 Å². The van der Waals surface area contributed by atoms with Gasteiger partial charge in [-0.2, -0.15) is 0 Å². The lowest BCUT2D eigenvalue weighted by Crippen LogP contribution is -2.43. The van der Waals surface area contributed by atoms with E-state index in [1.54, 1.807) is 7.11 Å². The van der Waals surface area contributed by atoms with Crippen molar-refractivity contribution in [2.24, 2.45) is 5.92 Å². The Labute approximate surface area is 123 Å². The predicted octanol–water partition coefficient (Wildman–Crippen LogP) is 2.91. The van der Waals surface area contributed by atoms with Crippen molar-refractivity contribution < 1.29 is 4.74 Å². The maximum Gasteiger partial charge on any atom is 0.123 e. The maximum atomic E-state index is 5.47. The molecule has 0 saturated carbocycles. The van der Waals surface area contributed by atoms with E-state index in [0.717, 1.165) is 31.9 Å². The Morgan fingerprint density at radius 1 is 1.35 bits per heavy atom. The lowest BCUT2D eigenvalue weighted by molar-refractivity contribution is 0.188. The molecule has 3 nitrogen and oxygen atoms in total. The van der Waals surface area contributed by atoms with Gasteiger partial charge in [-0.25, -0.2) is 0 Å². The summed E-state index contributed by atoms with van der Waals surface area (Å²) in [5.74, 6) is 1.70. The summed E-state index contributed by atoms with van der Waals surface area (Å²) in [4.78, 5) is 2.58. The lowest BCUT2D eigenvalue weighted by Gasteiger charge is -2.32. The van der Waals surface area contributed by atoms with Crippen molar-refractivity contribution in [3.05, 3.63) is 29.8 Å². The minimum atomic E-state index is 0.665. The van der Waals surface area contributed by atoms with Crippen LogP contribution in [0.15, 0.2) is 24.3 Å². The lowest BCUT2D eigenvalue weighted by atomic mass is 10.0. The van der Waals surface area contributed by atoms with Crippen LogP contribution in [0.4, 0.5) is 0 Å². The number of ether oxygens (including phenoxy) is 1. The highest BCUT2D eigenvalue weighted by molar-refractivity contribution is 5.33. The van der Waals surface area contributed by atoms with Crippen LogP contribution in [-0.4, -0.2) is 37.7 Å². The van der Waals surface area contributed by atoms with Gasteiger partial charge in [0.2, 0.25) is 0 Å². The van der Waals surface area contributed by atoms with Gasteiger partial charge in [-0.3, -0.25) is 4.90 Å². The Balaban J connectivity index is 2.02. The van der Waals surface area contributed by atoms with E-state index in [1.165, 1.54) is 18.4 Å². The summed E-state index contributed by atoms with van der Waals surface area (Å²) in [5.41, 5.74) is 1.30. The number of nitrogens with one attached hydrogen (secondary N) is 1. The van der Waals surface area contributed by atoms with E-state index in [1.807, 2.05) is 6.07 Å². The van der Waals surface area contributed by atoms with Gasteiger partial charge >= 0.3 is 0 Å². The molecule has 3 heteroatoms. The monoisotopic (exact) mass is 276 g/mol. The Kier molecular flexibility index (Phi) is 5.86. The van der Waals surface area contributed by atoms with E-state index in [0.29, 0.717) is 12.0 Å². The molecule has 2 unspecified atom stereocenters. The molecule has 2 rings (SSSR count). The summed E-state index contributed by atoms with van der Waals surface area (Å²) in [6.07, 6.45) is 2.45. The molecule has 1 saturated heterocycles. The molecule has 20 heavy (non-hydrogen) atoms. The first kappa shape index (κ1) is 15.3. The number of rotatable bonds is 4. The summed E-state index contributed by atoms with van der Waals surface area (Å²) in [6, 6.07) is 9.03. The molecule has 1 fully saturated rings. The number of hydrogen-bond acceptors (Lipinski definition) is 3. The highest BCUT2D eigenvalue weighted by atomic mass is 16.5. The van der Waals surface area contributed by atoms with Crippen molar-refractivity contribution in [2.75, 3.05) is 26.7 Å². The van der Waals surface area contributed by atoms with Gasteiger partial charge in [0.1, 0.15) is 5.75 Å². The topological polar surface area (TPSA) is 24.5 Å². The molecule has 0 spiro atoms. The SMILES string of the molecule is CCC1CCN(Cc2ccccc2OC)CC(C)CN1. The molecule has 0 bridgehead atoms. The van der Waals surface area contributed by atoms with Gasteiger partial charge < -0.3 is 10.1 Å². The van der Waals surface area contributed by atoms with E-state index in [2.05, 4.69) is 42.3 Å². The van der Waals surface area contributed by atoms with Crippen molar-refractivity contribution in [3.63, 3.8) is 0 Å². The standard InChI is InChI=1S/C17H28N2O/c1-4-16-9-10-19(12-14(2)11-18-16)13-15-7-5-6-8-17(15)20-3/h5-8,14,16,18H,4,9-13H2,1-3H3. The van der Waals surface area contributed by atoms with Crippen LogP contribution in [0.25, 0.3) is 0 Å². The van der Waals surface area contributed by atoms with Gasteiger partial charge in [-0.15, -0.1) is 0 Å². The molecule has 1 aromatic carbocycles. The second-order valence-corrected chi connectivity index (χ2v) is 5.95. The predicted molar refractivity (Wildman–Crippen MR) is 84.1 cm³/mol. The highest BCUT2D eigenvalue weighted by Crippen LogP contribution is 2.20. The van der Waals surface area contributed by atoms with Gasteiger partial charge in [-0.1, -0.05) is 32.0 Å². The zero-order valence-corrected chi connectivity index (χ0v) is 13.1. The Morgan fingerprint density at radius 3 is 2.90 bits per heavy atom. The number of benzene rings is 1. The number of hydrogen-bond donors (Lipinski definition) is 1. The summed E-state index contributed by atoms with van der Waals surface area (Å²) in [7, 11) is 1.76. The molecule has 0 radical (unpaired) electrons. The largest absolute Gasteiger partial charge is 0.496 e. The highest BCUT2D eigenvalue weighted by Gasteiger charge is 2.18. The molecular weight excluding hydrogens is 248 g/mol.